The summed E-state index contributed by atoms with van der Waals surface area (Å²) in [6.45, 7) is 2.44. The van der Waals surface area contributed by atoms with Gasteiger partial charge in [-0.1, -0.05) is 48.5 Å². The van der Waals surface area contributed by atoms with E-state index in [4.69, 9.17) is 21.7 Å². The summed E-state index contributed by atoms with van der Waals surface area (Å²) < 4.78 is 0. The van der Waals surface area contributed by atoms with Crippen molar-refractivity contribution in [2.24, 2.45) is 11.5 Å². The first-order valence-corrected chi connectivity index (χ1v) is 10.5. The number of benzene rings is 2. The van der Waals surface area contributed by atoms with E-state index in [1.807, 2.05) is 0 Å². The van der Waals surface area contributed by atoms with Crippen LogP contribution >= 0.6 is 0 Å². The molecule has 0 radical (unpaired) electrons. The summed E-state index contributed by atoms with van der Waals surface area (Å²) in [4.78, 5) is 65.3. The molecule has 35 heavy (non-hydrogen) atoms. The van der Waals surface area contributed by atoms with Crippen molar-refractivity contribution in [3.63, 3.8) is 0 Å². The molecule has 0 heterocycles. The normalized spacial score (nSPS) is 11.9. The van der Waals surface area contributed by atoms with E-state index in [0.29, 0.717) is 11.1 Å². The molecule has 186 valence electrons. The number of nitrogens with two attached hydrogens (primary N) is 2. The number of rotatable bonds is 11. The monoisotopic (exact) mass is 484 g/mol. The van der Waals surface area contributed by atoms with E-state index in [1.165, 1.54) is 26.0 Å². The van der Waals surface area contributed by atoms with Crippen molar-refractivity contribution in [1.82, 2.24) is 0 Å². The number of ketones is 4. The molecule has 2 unspecified atom stereocenters. The summed E-state index contributed by atoms with van der Waals surface area (Å²) in [5.41, 5.74) is 13.3. The summed E-state index contributed by atoms with van der Waals surface area (Å²) in [6.07, 6.45) is 0.487. The Labute approximate surface area is 201 Å². The summed E-state index contributed by atoms with van der Waals surface area (Å²) in [5.74, 6) is -4.12. The van der Waals surface area contributed by atoms with Crippen LogP contribution in [-0.2, 0) is 43.2 Å². The second kappa shape index (κ2) is 13.6. The lowest BCUT2D eigenvalue weighted by Crippen LogP contribution is -2.32. The topological polar surface area (TPSA) is 195 Å². The average Bonchev–Trinajstić information content (AvgIpc) is 2.80. The number of Topliss-reactive ketones (excluding diaryl/α,β-unsaturated/α-hetero) is 4. The second-order valence-corrected chi connectivity index (χ2v) is 7.85. The maximum absolute atomic E-state index is 11.3. The van der Waals surface area contributed by atoms with Crippen molar-refractivity contribution in [3.05, 3.63) is 70.8 Å². The fraction of sp³-hybridized carbons (Fsp3) is 0.280. The molecule has 2 rings (SSSR count). The van der Waals surface area contributed by atoms with Gasteiger partial charge in [0, 0.05) is 25.8 Å². The fourth-order valence-corrected chi connectivity index (χ4v) is 2.78. The lowest BCUT2D eigenvalue weighted by Gasteiger charge is -2.07. The molecule has 10 nitrogen and oxygen atoms in total. The third-order valence-electron chi connectivity index (χ3n) is 4.86. The Balaban J connectivity index is 0.000000351. The molecule has 10 heteroatoms. The van der Waals surface area contributed by atoms with Crippen LogP contribution in [0.25, 0.3) is 0 Å². The summed E-state index contributed by atoms with van der Waals surface area (Å²) >= 11 is 0. The van der Waals surface area contributed by atoms with E-state index in [0.717, 1.165) is 11.1 Å². The zero-order valence-electron chi connectivity index (χ0n) is 19.4. The maximum Gasteiger partial charge on any atom is 0.320 e. The molecule has 0 saturated heterocycles. The lowest BCUT2D eigenvalue weighted by atomic mass is 10.0. The van der Waals surface area contributed by atoms with Gasteiger partial charge in [0.1, 0.15) is 12.1 Å². The van der Waals surface area contributed by atoms with Crippen molar-refractivity contribution < 1.29 is 39.0 Å². The van der Waals surface area contributed by atoms with Gasteiger partial charge in [-0.25, -0.2) is 0 Å². The van der Waals surface area contributed by atoms with Crippen molar-refractivity contribution >= 4 is 35.1 Å². The predicted octanol–water partition coefficient (Wildman–Crippen LogP) is 0.754. The Bertz CT molecular complexity index is 1090. The van der Waals surface area contributed by atoms with E-state index in [1.54, 1.807) is 36.4 Å². The van der Waals surface area contributed by atoms with Crippen LogP contribution in [0.1, 0.15) is 40.9 Å². The largest absolute Gasteiger partial charge is 0.480 e. The van der Waals surface area contributed by atoms with E-state index in [2.05, 4.69) is 0 Å². The van der Waals surface area contributed by atoms with Crippen LogP contribution in [0.2, 0.25) is 0 Å². The van der Waals surface area contributed by atoms with Gasteiger partial charge in [0.2, 0.25) is 11.6 Å². The second-order valence-electron chi connectivity index (χ2n) is 7.85. The van der Waals surface area contributed by atoms with Crippen LogP contribution in [0.3, 0.4) is 0 Å². The molecule has 0 amide bonds. The minimum absolute atomic E-state index is 0.0700. The first kappa shape index (κ1) is 29.0. The third-order valence-corrected chi connectivity index (χ3v) is 4.86. The molecule has 0 aliphatic carbocycles. The highest BCUT2D eigenvalue weighted by atomic mass is 16.4. The van der Waals surface area contributed by atoms with Gasteiger partial charge in [0.25, 0.3) is 0 Å². The molecule has 0 saturated carbocycles. The smallest absolute Gasteiger partial charge is 0.320 e. The van der Waals surface area contributed by atoms with Gasteiger partial charge in [-0.2, -0.15) is 0 Å². The Kier molecular flexibility index (Phi) is 11.3. The minimum atomic E-state index is -1.08. The Hall–Kier alpha value is -4.02. The summed E-state index contributed by atoms with van der Waals surface area (Å²) in [5, 5.41) is 17.3. The van der Waals surface area contributed by atoms with Crippen LogP contribution in [-0.4, -0.2) is 57.4 Å². The first-order chi connectivity index (χ1) is 16.3. The SMILES string of the molecule is CC(=O)C(=O)Cc1ccc(CC(N)C(=O)O)cc1.CC(=O)C(=O)c1ccc(CC(N)C(=O)O)cc1. The van der Waals surface area contributed by atoms with Gasteiger partial charge in [0.15, 0.2) is 11.6 Å². The zero-order valence-corrected chi connectivity index (χ0v) is 19.4. The van der Waals surface area contributed by atoms with Gasteiger partial charge in [-0.3, -0.25) is 28.8 Å². The van der Waals surface area contributed by atoms with Gasteiger partial charge in [-0.15, -0.1) is 0 Å². The molecule has 0 aliphatic rings. The molecule has 2 aromatic carbocycles. The number of hydrogen-bond acceptors (Lipinski definition) is 8. The van der Waals surface area contributed by atoms with Crippen molar-refractivity contribution in [2.45, 2.75) is 45.2 Å². The summed E-state index contributed by atoms with van der Waals surface area (Å²) in [6, 6.07) is 11.1. The number of carboxylic acids is 2. The highest BCUT2D eigenvalue weighted by Gasteiger charge is 2.14. The third kappa shape index (κ3) is 10.2. The van der Waals surface area contributed by atoms with Crippen molar-refractivity contribution in [1.29, 1.82) is 0 Å². The Morgan fingerprint density at radius 2 is 1.03 bits per heavy atom. The van der Waals surface area contributed by atoms with Crippen LogP contribution in [0.15, 0.2) is 48.5 Å². The molecule has 0 aliphatic heterocycles. The Morgan fingerprint density at radius 3 is 1.37 bits per heavy atom. The standard InChI is InChI=1S/C13H15NO4.C12H13NO4/c1-8(15)12(16)7-10-4-2-9(3-5-10)6-11(14)13(17)18;1-7(14)11(15)9-4-2-8(3-5-9)6-10(13)12(16)17/h2-5,11H,6-7,14H2,1H3,(H,17,18);2-5,10H,6,13H2,1H3,(H,16,17). The van der Waals surface area contributed by atoms with E-state index >= 15 is 0 Å². The molecule has 0 aromatic heterocycles. The molecule has 0 fully saturated rings. The summed E-state index contributed by atoms with van der Waals surface area (Å²) in [7, 11) is 0. The zero-order chi connectivity index (χ0) is 26.7. The fourth-order valence-electron chi connectivity index (χ4n) is 2.78. The molecule has 0 bridgehead atoms. The van der Waals surface area contributed by atoms with E-state index < -0.39 is 47.2 Å². The highest BCUT2D eigenvalue weighted by molar-refractivity contribution is 6.42. The highest BCUT2D eigenvalue weighted by Crippen LogP contribution is 2.09. The van der Waals surface area contributed by atoms with Gasteiger partial charge >= 0.3 is 11.9 Å². The molecule has 6 N–H and O–H groups in total. The van der Waals surface area contributed by atoms with Crippen LogP contribution in [0.5, 0.6) is 0 Å². The molecule has 2 aromatic rings. The number of aliphatic carboxylic acids is 2. The Morgan fingerprint density at radius 1 is 0.657 bits per heavy atom. The van der Waals surface area contributed by atoms with Crippen molar-refractivity contribution in [3.8, 4) is 0 Å². The van der Waals surface area contributed by atoms with Crippen LogP contribution in [0, 0.1) is 0 Å². The predicted molar refractivity (Wildman–Crippen MR) is 126 cm³/mol. The number of carbonyl (C=O) groups is 6. The van der Waals surface area contributed by atoms with Crippen molar-refractivity contribution in [2.75, 3.05) is 0 Å². The van der Waals surface area contributed by atoms with Crippen LogP contribution in [0.4, 0.5) is 0 Å². The molecule has 2 atom stereocenters. The van der Waals surface area contributed by atoms with E-state index in [-0.39, 0.29) is 19.3 Å². The minimum Gasteiger partial charge on any atom is -0.480 e. The lowest BCUT2D eigenvalue weighted by molar-refractivity contribution is -0.139. The number of hydrogen-bond donors (Lipinski definition) is 4. The molecular weight excluding hydrogens is 456 g/mol. The van der Waals surface area contributed by atoms with Crippen LogP contribution < -0.4 is 11.5 Å². The quantitative estimate of drug-likeness (QED) is 0.261. The number of carbonyl (C=O) groups excluding carboxylic acids is 4. The molecular formula is C25H28N2O8. The van der Waals surface area contributed by atoms with Gasteiger partial charge < -0.3 is 21.7 Å². The first-order valence-electron chi connectivity index (χ1n) is 10.5. The van der Waals surface area contributed by atoms with Gasteiger partial charge in [-0.05, 0) is 29.5 Å². The average molecular weight is 485 g/mol. The van der Waals surface area contributed by atoms with Gasteiger partial charge in [0.05, 0.1) is 0 Å². The molecule has 0 spiro atoms. The maximum atomic E-state index is 11.3. The number of carboxylic acid groups (broad SMARTS) is 2. The van der Waals surface area contributed by atoms with E-state index in [9.17, 15) is 28.8 Å².